The van der Waals surface area contributed by atoms with Gasteiger partial charge in [0, 0.05) is 4.90 Å². The molecule has 0 radical (unpaired) electrons. The lowest BCUT2D eigenvalue weighted by Crippen LogP contribution is -2.07. The largest absolute Gasteiger partial charge is 0.476 e. The van der Waals surface area contributed by atoms with Gasteiger partial charge in [0.1, 0.15) is 5.03 Å². The van der Waals surface area contributed by atoms with Crippen LogP contribution in [0.3, 0.4) is 0 Å². The fourth-order valence-electron chi connectivity index (χ4n) is 1.75. The van der Waals surface area contributed by atoms with E-state index in [2.05, 4.69) is 50.9 Å². The zero-order valence-corrected chi connectivity index (χ0v) is 13.8. The van der Waals surface area contributed by atoms with Crippen molar-refractivity contribution in [2.45, 2.75) is 37.6 Å². The van der Waals surface area contributed by atoms with Crippen LogP contribution in [0.15, 0.2) is 40.3 Å². The van der Waals surface area contributed by atoms with Gasteiger partial charge in [-0.2, -0.15) is 0 Å². The number of ether oxygens (including phenoxy) is 1. The highest BCUT2D eigenvalue weighted by Gasteiger charge is 2.07. The molecule has 2 aromatic rings. The third-order valence-corrected chi connectivity index (χ3v) is 4.04. The molecule has 0 amide bonds. The molecule has 0 atom stereocenters. The van der Waals surface area contributed by atoms with Crippen LogP contribution in [-0.4, -0.2) is 11.6 Å². The summed E-state index contributed by atoms with van der Waals surface area (Å²) < 4.78 is 5.67. The van der Waals surface area contributed by atoms with Gasteiger partial charge in [-0.15, -0.1) is 0 Å². The predicted molar refractivity (Wildman–Crippen MR) is 89.0 cm³/mol. The average molecular weight is 302 g/mol. The molecule has 0 spiro atoms. The molecule has 1 aromatic carbocycles. The first-order chi connectivity index (χ1) is 9.95. The first kappa shape index (κ1) is 15.7. The van der Waals surface area contributed by atoms with Crippen molar-refractivity contribution in [3.63, 3.8) is 0 Å². The number of benzene rings is 1. The maximum Gasteiger partial charge on any atom is 0.238 e. The molecule has 0 aliphatic heterocycles. The van der Waals surface area contributed by atoms with E-state index in [-0.39, 0.29) is 0 Å². The van der Waals surface area contributed by atoms with Gasteiger partial charge in [-0.25, -0.2) is 4.98 Å². The van der Waals surface area contributed by atoms with Crippen molar-refractivity contribution < 1.29 is 4.74 Å². The van der Waals surface area contributed by atoms with Crippen molar-refractivity contribution in [1.29, 1.82) is 0 Å². The molecule has 1 aromatic heterocycles. The standard InChI is InChI=1S/C17H22N2OS/c1-11(2)10-20-17-15(18)7-8-16(19-17)21-14-6-5-12(3)13(4)9-14/h5-9,11H,10,18H2,1-4H3. The van der Waals surface area contributed by atoms with Gasteiger partial charge in [0.2, 0.25) is 5.88 Å². The second kappa shape index (κ2) is 6.85. The molecule has 2 N–H and O–H groups in total. The van der Waals surface area contributed by atoms with E-state index in [4.69, 9.17) is 10.5 Å². The Balaban J connectivity index is 2.16. The summed E-state index contributed by atoms with van der Waals surface area (Å²) in [6, 6.07) is 10.2. The zero-order valence-electron chi connectivity index (χ0n) is 13.0. The molecule has 3 nitrogen and oxygen atoms in total. The number of hydrogen-bond acceptors (Lipinski definition) is 4. The topological polar surface area (TPSA) is 48.1 Å². The number of anilines is 1. The van der Waals surface area contributed by atoms with E-state index in [9.17, 15) is 0 Å². The number of pyridine rings is 1. The summed E-state index contributed by atoms with van der Waals surface area (Å²) in [5, 5.41) is 0.895. The predicted octanol–water partition coefficient (Wildman–Crippen LogP) is 4.47. The molecule has 21 heavy (non-hydrogen) atoms. The summed E-state index contributed by atoms with van der Waals surface area (Å²) in [4.78, 5) is 5.68. The van der Waals surface area contributed by atoms with E-state index in [1.54, 1.807) is 11.8 Å². The summed E-state index contributed by atoms with van der Waals surface area (Å²) in [5.41, 5.74) is 9.08. The van der Waals surface area contributed by atoms with Gasteiger partial charge < -0.3 is 10.5 Å². The van der Waals surface area contributed by atoms with Crippen LogP contribution in [0.1, 0.15) is 25.0 Å². The van der Waals surface area contributed by atoms with Crippen molar-refractivity contribution in [1.82, 2.24) is 4.98 Å². The second-order valence-electron chi connectivity index (χ2n) is 5.60. The van der Waals surface area contributed by atoms with Crippen molar-refractivity contribution in [2.75, 3.05) is 12.3 Å². The SMILES string of the molecule is Cc1ccc(Sc2ccc(N)c(OCC(C)C)n2)cc1C. The smallest absolute Gasteiger partial charge is 0.238 e. The Bertz CT molecular complexity index is 626. The highest BCUT2D eigenvalue weighted by Crippen LogP contribution is 2.31. The van der Waals surface area contributed by atoms with Crippen molar-refractivity contribution in [3.8, 4) is 5.88 Å². The monoisotopic (exact) mass is 302 g/mol. The molecule has 0 saturated carbocycles. The highest BCUT2D eigenvalue weighted by atomic mass is 32.2. The molecule has 2 rings (SSSR count). The van der Waals surface area contributed by atoms with Gasteiger partial charge in [-0.1, -0.05) is 31.7 Å². The van der Waals surface area contributed by atoms with Crippen LogP contribution in [0.5, 0.6) is 5.88 Å². The number of nitrogen functional groups attached to an aromatic ring is 1. The minimum atomic E-state index is 0.447. The summed E-state index contributed by atoms with van der Waals surface area (Å²) in [6.45, 7) is 9.05. The van der Waals surface area contributed by atoms with E-state index in [1.807, 2.05) is 12.1 Å². The molecule has 0 unspecified atom stereocenters. The zero-order chi connectivity index (χ0) is 15.4. The van der Waals surface area contributed by atoms with Gasteiger partial charge in [0.15, 0.2) is 0 Å². The number of rotatable bonds is 5. The van der Waals surface area contributed by atoms with E-state index >= 15 is 0 Å². The van der Waals surface area contributed by atoms with E-state index in [0.29, 0.717) is 24.1 Å². The molecule has 4 heteroatoms. The van der Waals surface area contributed by atoms with Crippen molar-refractivity contribution in [2.24, 2.45) is 5.92 Å². The molecule has 0 saturated heterocycles. The fourth-order valence-corrected chi connectivity index (χ4v) is 2.63. The summed E-state index contributed by atoms with van der Waals surface area (Å²) in [7, 11) is 0. The van der Waals surface area contributed by atoms with Crippen LogP contribution >= 0.6 is 11.8 Å². The van der Waals surface area contributed by atoms with Gasteiger partial charge in [-0.3, -0.25) is 0 Å². The third-order valence-electron chi connectivity index (χ3n) is 3.12. The Morgan fingerprint density at radius 2 is 1.90 bits per heavy atom. The lowest BCUT2D eigenvalue weighted by molar-refractivity contribution is 0.261. The van der Waals surface area contributed by atoms with Gasteiger partial charge in [-0.05, 0) is 55.2 Å². The normalized spacial score (nSPS) is 10.9. The number of nitrogens with two attached hydrogens (primary N) is 1. The Morgan fingerprint density at radius 1 is 1.14 bits per heavy atom. The second-order valence-corrected chi connectivity index (χ2v) is 6.69. The lowest BCUT2D eigenvalue weighted by atomic mass is 10.1. The van der Waals surface area contributed by atoms with Crippen LogP contribution in [0.4, 0.5) is 5.69 Å². The molecule has 0 aliphatic carbocycles. The minimum Gasteiger partial charge on any atom is -0.476 e. The molecular weight excluding hydrogens is 280 g/mol. The van der Waals surface area contributed by atoms with Gasteiger partial charge in [0.25, 0.3) is 0 Å². The van der Waals surface area contributed by atoms with E-state index < -0.39 is 0 Å². The molecule has 1 heterocycles. The fraction of sp³-hybridized carbons (Fsp3) is 0.353. The average Bonchev–Trinajstić information content (AvgIpc) is 2.43. The van der Waals surface area contributed by atoms with Crippen molar-refractivity contribution in [3.05, 3.63) is 41.5 Å². The number of hydrogen-bond donors (Lipinski definition) is 1. The molecule has 112 valence electrons. The Labute approximate surface area is 130 Å². The van der Waals surface area contributed by atoms with Crippen molar-refractivity contribution >= 4 is 17.4 Å². The maximum atomic E-state index is 5.92. The minimum absolute atomic E-state index is 0.447. The summed E-state index contributed by atoms with van der Waals surface area (Å²) >= 11 is 1.62. The number of aromatic nitrogens is 1. The maximum absolute atomic E-state index is 5.92. The number of aryl methyl sites for hydroxylation is 2. The lowest BCUT2D eigenvalue weighted by Gasteiger charge is -2.11. The van der Waals surface area contributed by atoms with E-state index in [1.165, 1.54) is 16.0 Å². The quantitative estimate of drug-likeness (QED) is 0.885. The van der Waals surface area contributed by atoms with Crippen LogP contribution in [0.2, 0.25) is 0 Å². The first-order valence-electron chi connectivity index (χ1n) is 7.10. The molecule has 0 aliphatic rings. The summed E-state index contributed by atoms with van der Waals surface area (Å²) in [5.74, 6) is 0.972. The Morgan fingerprint density at radius 3 is 2.57 bits per heavy atom. The third kappa shape index (κ3) is 4.39. The van der Waals surface area contributed by atoms with Gasteiger partial charge in [0.05, 0.1) is 12.3 Å². The molecular formula is C17H22N2OS. The van der Waals surface area contributed by atoms with Crippen LogP contribution in [0, 0.1) is 19.8 Å². The highest BCUT2D eigenvalue weighted by molar-refractivity contribution is 7.99. The molecule has 0 fully saturated rings. The Kier molecular flexibility index (Phi) is 5.12. The van der Waals surface area contributed by atoms with Crippen LogP contribution < -0.4 is 10.5 Å². The van der Waals surface area contributed by atoms with E-state index in [0.717, 1.165) is 5.03 Å². The summed E-state index contributed by atoms with van der Waals surface area (Å²) in [6.07, 6.45) is 0. The molecule has 0 bridgehead atoms. The van der Waals surface area contributed by atoms with Gasteiger partial charge >= 0.3 is 0 Å². The van der Waals surface area contributed by atoms with Crippen LogP contribution in [-0.2, 0) is 0 Å². The Hall–Kier alpha value is -1.68. The number of nitrogens with zero attached hydrogens (tertiary/aromatic N) is 1. The first-order valence-corrected chi connectivity index (χ1v) is 7.92. The van der Waals surface area contributed by atoms with Crippen LogP contribution in [0.25, 0.3) is 0 Å².